The molecule has 0 fully saturated rings. The Morgan fingerprint density at radius 3 is 2.72 bits per heavy atom. The predicted molar refractivity (Wildman–Crippen MR) is 105 cm³/mol. The van der Waals surface area contributed by atoms with Gasteiger partial charge in [0.25, 0.3) is 0 Å². The molecular weight excluding hydrogens is 378 g/mol. The summed E-state index contributed by atoms with van der Waals surface area (Å²) in [5, 5.41) is 11.8. The van der Waals surface area contributed by atoms with Gasteiger partial charge in [0.2, 0.25) is 0 Å². The van der Waals surface area contributed by atoms with Crippen LogP contribution >= 0.6 is 0 Å². The van der Waals surface area contributed by atoms with E-state index in [9.17, 15) is 8.78 Å². The monoisotopic (exact) mass is 394 g/mol. The second-order valence-corrected chi connectivity index (χ2v) is 6.29. The van der Waals surface area contributed by atoms with Gasteiger partial charge in [0, 0.05) is 11.3 Å². The number of methoxy groups -OCH3 is 1. The SMILES string of the molecule is COc1ccc(F)c(F)c1-c1cccc(-n2cnc3cc(C(N)=NO)ccc32)c1. The third kappa shape index (κ3) is 3.14. The van der Waals surface area contributed by atoms with Crippen LogP contribution in [0, 0.1) is 11.6 Å². The number of aromatic nitrogens is 2. The molecule has 0 aliphatic rings. The maximum Gasteiger partial charge on any atom is 0.170 e. The van der Waals surface area contributed by atoms with Gasteiger partial charge in [-0.15, -0.1) is 0 Å². The Kier molecular flexibility index (Phi) is 4.59. The van der Waals surface area contributed by atoms with E-state index < -0.39 is 11.6 Å². The van der Waals surface area contributed by atoms with E-state index in [1.165, 1.54) is 13.2 Å². The molecule has 0 aliphatic carbocycles. The minimum absolute atomic E-state index is 0.0166. The highest BCUT2D eigenvalue weighted by atomic mass is 19.2. The van der Waals surface area contributed by atoms with E-state index in [4.69, 9.17) is 15.7 Å². The number of nitrogens with zero attached hydrogens (tertiary/aromatic N) is 3. The maximum absolute atomic E-state index is 14.5. The topological polar surface area (TPSA) is 85.7 Å². The van der Waals surface area contributed by atoms with E-state index in [1.54, 1.807) is 47.3 Å². The van der Waals surface area contributed by atoms with Gasteiger partial charge in [-0.3, -0.25) is 4.57 Å². The van der Waals surface area contributed by atoms with Crippen LogP contribution in [0.1, 0.15) is 5.56 Å². The van der Waals surface area contributed by atoms with Crippen LogP contribution in [0.2, 0.25) is 0 Å². The Morgan fingerprint density at radius 2 is 1.97 bits per heavy atom. The Morgan fingerprint density at radius 1 is 1.14 bits per heavy atom. The first-order valence-electron chi connectivity index (χ1n) is 8.61. The van der Waals surface area contributed by atoms with Crippen LogP contribution in [0.4, 0.5) is 8.78 Å². The molecule has 0 saturated heterocycles. The standard InChI is InChI=1S/C21H16F2N4O2/c1-29-18-8-6-15(22)20(23)19(18)12-3-2-4-14(9-12)27-11-25-16-10-13(21(24)26-28)5-7-17(16)27/h2-11,28H,1H3,(H2,24,26). The van der Waals surface area contributed by atoms with Crippen LogP contribution in [0.15, 0.2) is 66.1 Å². The Balaban J connectivity index is 1.84. The van der Waals surface area contributed by atoms with Crippen molar-refractivity contribution in [2.75, 3.05) is 7.11 Å². The summed E-state index contributed by atoms with van der Waals surface area (Å²) in [6.45, 7) is 0. The Bertz CT molecular complexity index is 1250. The summed E-state index contributed by atoms with van der Waals surface area (Å²) < 4.78 is 35.3. The third-order valence-electron chi connectivity index (χ3n) is 4.64. The molecular formula is C21H16F2N4O2. The molecule has 4 aromatic rings. The summed E-state index contributed by atoms with van der Waals surface area (Å²) in [6, 6.07) is 14.6. The first kappa shape index (κ1) is 18.4. The van der Waals surface area contributed by atoms with Crippen molar-refractivity contribution in [1.82, 2.24) is 9.55 Å². The summed E-state index contributed by atoms with van der Waals surface area (Å²) in [7, 11) is 1.41. The third-order valence-corrected chi connectivity index (χ3v) is 4.64. The second kappa shape index (κ2) is 7.23. The molecule has 4 rings (SSSR count). The van der Waals surface area contributed by atoms with Crippen LogP contribution in [0.25, 0.3) is 27.8 Å². The average molecular weight is 394 g/mol. The molecule has 0 unspecified atom stereocenters. The quantitative estimate of drug-likeness (QED) is 0.236. The number of nitrogens with two attached hydrogens (primary N) is 1. The van der Waals surface area contributed by atoms with E-state index in [2.05, 4.69) is 10.1 Å². The smallest absolute Gasteiger partial charge is 0.170 e. The Labute approximate surface area is 164 Å². The van der Waals surface area contributed by atoms with Gasteiger partial charge in [0.15, 0.2) is 17.5 Å². The average Bonchev–Trinajstić information content (AvgIpc) is 3.18. The normalized spacial score (nSPS) is 11.8. The molecule has 0 spiro atoms. The van der Waals surface area contributed by atoms with Gasteiger partial charge < -0.3 is 15.7 Å². The molecule has 0 atom stereocenters. The van der Waals surface area contributed by atoms with E-state index in [1.807, 2.05) is 6.07 Å². The van der Waals surface area contributed by atoms with Crippen LogP contribution in [-0.4, -0.2) is 27.7 Å². The fraction of sp³-hybridized carbons (Fsp3) is 0.0476. The summed E-state index contributed by atoms with van der Waals surface area (Å²) in [5.41, 5.74) is 8.78. The van der Waals surface area contributed by atoms with Crippen molar-refractivity contribution < 1.29 is 18.7 Å². The lowest BCUT2D eigenvalue weighted by Gasteiger charge is -2.12. The lowest BCUT2D eigenvalue weighted by Crippen LogP contribution is -2.12. The number of halogens is 2. The van der Waals surface area contributed by atoms with Crippen molar-refractivity contribution in [3.05, 3.63) is 78.1 Å². The molecule has 3 aromatic carbocycles. The van der Waals surface area contributed by atoms with Crippen LogP contribution in [0.5, 0.6) is 5.75 Å². The van der Waals surface area contributed by atoms with Gasteiger partial charge in [0.1, 0.15) is 12.1 Å². The number of hydrogen-bond donors (Lipinski definition) is 2. The van der Waals surface area contributed by atoms with Gasteiger partial charge in [-0.25, -0.2) is 13.8 Å². The van der Waals surface area contributed by atoms with Gasteiger partial charge >= 0.3 is 0 Å². The zero-order valence-electron chi connectivity index (χ0n) is 15.3. The van der Waals surface area contributed by atoms with E-state index in [0.29, 0.717) is 22.3 Å². The number of ether oxygens (including phenoxy) is 1. The molecule has 29 heavy (non-hydrogen) atoms. The lowest BCUT2D eigenvalue weighted by molar-refractivity contribution is 0.318. The molecule has 8 heteroatoms. The van der Waals surface area contributed by atoms with E-state index in [-0.39, 0.29) is 17.1 Å². The number of oxime groups is 1. The molecule has 1 heterocycles. The minimum atomic E-state index is -0.972. The number of fused-ring (bicyclic) bond motifs is 1. The Hall–Kier alpha value is -3.94. The van der Waals surface area contributed by atoms with Gasteiger partial charge in [0.05, 0.1) is 23.7 Å². The first-order valence-corrected chi connectivity index (χ1v) is 8.61. The summed E-state index contributed by atoms with van der Waals surface area (Å²) in [4.78, 5) is 4.35. The van der Waals surface area contributed by atoms with Crippen molar-refractivity contribution >= 4 is 16.9 Å². The number of benzene rings is 3. The van der Waals surface area contributed by atoms with Crippen molar-refractivity contribution in [2.24, 2.45) is 10.9 Å². The maximum atomic E-state index is 14.5. The first-order chi connectivity index (χ1) is 14.0. The zero-order chi connectivity index (χ0) is 20.5. The minimum Gasteiger partial charge on any atom is -0.496 e. The van der Waals surface area contributed by atoms with Gasteiger partial charge in [-0.1, -0.05) is 17.3 Å². The van der Waals surface area contributed by atoms with E-state index in [0.717, 1.165) is 11.6 Å². The second-order valence-electron chi connectivity index (χ2n) is 6.29. The van der Waals surface area contributed by atoms with Crippen molar-refractivity contribution in [1.29, 1.82) is 0 Å². The van der Waals surface area contributed by atoms with Crippen molar-refractivity contribution in [3.8, 4) is 22.6 Å². The summed E-state index contributed by atoms with van der Waals surface area (Å²) in [5.74, 6) is -1.70. The summed E-state index contributed by atoms with van der Waals surface area (Å²) in [6.07, 6.45) is 1.61. The van der Waals surface area contributed by atoms with Crippen molar-refractivity contribution in [3.63, 3.8) is 0 Å². The molecule has 1 aromatic heterocycles. The summed E-state index contributed by atoms with van der Waals surface area (Å²) >= 11 is 0. The fourth-order valence-corrected chi connectivity index (χ4v) is 3.22. The van der Waals surface area contributed by atoms with Crippen LogP contribution < -0.4 is 10.5 Å². The van der Waals surface area contributed by atoms with Crippen LogP contribution in [0.3, 0.4) is 0 Å². The molecule has 146 valence electrons. The fourth-order valence-electron chi connectivity index (χ4n) is 3.22. The number of imidazole rings is 1. The number of hydrogen-bond acceptors (Lipinski definition) is 4. The van der Waals surface area contributed by atoms with Gasteiger partial charge in [-0.05, 0) is 48.0 Å². The molecule has 0 radical (unpaired) electrons. The van der Waals surface area contributed by atoms with Crippen LogP contribution in [-0.2, 0) is 0 Å². The molecule has 0 bridgehead atoms. The molecule has 3 N–H and O–H groups in total. The highest BCUT2D eigenvalue weighted by Crippen LogP contribution is 2.35. The molecule has 6 nitrogen and oxygen atoms in total. The molecule has 0 aliphatic heterocycles. The largest absolute Gasteiger partial charge is 0.496 e. The van der Waals surface area contributed by atoms with E-state index >= 15 is 0 Å². The molecule has 0 amide bonds. The van der Waals surface area contributed by atoms with Crippen molar-refractivity contribution in [2.45, 2.75) is 0 Å². The lowest BCUT2D eigenvalue weighted by atomic mass is 10.0. The molecule has 0 saturated carbocycles. The predicted octanol–water partition coefficient (Wildman–Crippen LogP) is 4.07. The van der Waals surface area contributed by atoms with Gasteiger partial charge in [-0.2, -0.15) is 0 Å². The zero-order valence-corrected chi connectivity index (χ0v) is 15.3. The number of amidine groups is 1. The highest BCUT2D eigenvalue weighted by molar-refractivity contribution is 5.99. The highest BCUT2D eigenvalue weighted by Gasteiger charge is 2.17. The number of rotatable bonds is 4.